The second-order valence-corrected chi connectivity index (χ2v) is 5.25. The van der Waals surface area contributed by atoms with E-state index in [1.54, 1.807) is 11.7 Å². The van der Waals surface area contributed by atoms with Gasteiger partial charge >= 0.3 is 0 Å². The number of amides is 1. The predicted octanol–water partition coefficient (Wildman–Crippen LogP) is 1.99. The molecule has 0 radical (unpaired) electrons. The lowest BCUT2D eigenvalue weighted by molar-refractivity contribution is -0.384. The maximum atomic E-state index is 11.3. The smallest absolute Gasteiger partial charge is 0.296 e. The van der Waals surface area contributed by atoms with Crippen molar-refractivity contribution in [2.45, 2.75) is 6.54 Å². The number of ether oxygens (including phenoxy) is 1. The van der Waals surface area contributed by atoms with Crippen LogP contribution in [0.1, 0.15) is 4.88 Å². The van der Waals surface area contributed by atoms with Gasteiger partial charge < -0.3 is 15.4 Å². The number of aromatic nitrogens is 1. The van der Waals surface area contributed by atoms with Crippen molar-refractivity contribution in [1.82, 2.24) is 4.98 Å². The molecule has 0 spiro atoms. The first-order valence-corrected chi connectivity index (χ1v) is 6.88. The van der Waals surface area contributed by atoms with Crippen LogP contribution < -0.4 is 15.4 Å². The minimum Gasteiger partial charge on any atom is -0.481 e. The zero-order chi connectivity index (χ0) is 14.8. The Morgan fingerprint density at radius 1 is 1.52 bits per heavy atom. The number of nitro groups is 1. The molecule has 2 aromatic rings. The van der Waals surface area contributed by atoms with E-state index >= 15 is 0 Å². The molecule has 2 heterocycles. The van der Waals surface area contributed by atoms with Crippen LogP contribution in [-0.2, 0) is 11.3 Å². The summed E-state index contributed by atoms with van der Waals surface area (Å²) in [6.07, 6.45) is 1.69. The molecule has 1 amide bonds. The summed E-state index contributed by atoms with van der Waals surface area (Å²) in [6, 6.07) is 2.81. The van der Waals surface area contributed by atoms with Gasteiger partial charge in [-0.3, -0.25) is 19.9 Å². The Bertz CT molecular complexity index is 702. The fourth-order valence-electron chi connectivity index (χ4n) is 1.92. The Hall–Kier alpha value is -2.68. The van der Waals surface area contributed by atoms with Gasteiger partial charge in [0.25, 0.3) is 11.6 Å². The van der Waals surface area contributed by atoms with Gasteiger partial charge in [0, 0.05) is 11.1 Å². The summed E-state index contributed by atoms with van der Waals surface area (Å²) in [6.45, 7) is 0.275. The Kier molecular flexibility index (Phi) is 3.40. The lowest BCUT2D eigenvalue weighted by atomic mass is 10.2. The number of hydrogen-bond donors (Lipinski definition) is 2. The van der Waals surface area contributed by atoms with E-state index in [0.717, 1.165) is 4.88 Å². The number of carbonyl (C=O) groups is 1. The van der Waals surface area contributed by atoms with Crippen molar-refractivity contribution in [2.24, 2.45) is 0 Å². The van der Waals surface area contributed by atoms with Gasteiger partial charge in [-0.05, 0) is 6.07 Å². The average molecular weight is 306 g/mol. The van der Waals surface area contributed by atoms with Crippen molar-refractivity contribution in [1.29, 1.82) is 0 Å². The van der Waals surface area contributed by atoms with E-state index in [4.69, 9.17) is 4.74 Å². The van der Waals surface area contributed by atoms with Gasteiger partial charge in [0.1, 0.15) is 5.69 Å². The molecule has 3 rings (SSSR count). The highest BCUT2D eigenvalue weighted by molar-refractivity contribution is 7.09. The molecule has 0 saturated carbocycles. The van der Waals surface area contributed by atoms with E-state index < -0.39 is 4.92 Å². The molecule has 9 heteroatoms. The second kappa shape index (κ2) is 5.37. The molecule has 1 aromatic carbocycles. The third-order valence-corrected chi connectivity index (χ3v) is 3.64. The highest BCUT2D eigenvalue weighted by Gasteiger charge is 2.23. The van der Waals surface area contributed by atoms with Crippen molar-refractivity contribution in [3.8, 4) is 5.75 Å². The normalized spacial score (nSPS) is 13.0. The van der Waals surface area contributed by atoms with Crippen molar-refractivity contribution in [3.05, 3.63) is 38.8 Å². The molecule has 1 aliphatic heterocycles. The highest BCUT2D eigenvalue weighted by Crippen LogP contribution is 2.38. The van der Waals surface area contributed by atoms with E-state index in [1.165, 1.54) is 23.5 Å². The fourth-order valence-corrected chi connectivity index (χ4v) is 2.45. The van der Waals surface area contributed by atoms with Crippen LogP contribution >= 0.6 is 11.3 Å². The maximum Gasteiger partial charge on any atom is 0.296 e. The highest BCUT2D eigenvalue weighted by atomic mass is 32.1. The Labute approximate surface area is 122 Å². The van der Waals surface area contributed by atoms with Crippen LogP contribution in [0.5, 0.6) is 5.75 Å². The van der Waals surface area contributed by atoms with Crippen LogP contribution in [0, 0.1) is 10.1 Å². The number of carbonyl (C=O) groups excluding carboxylic acids is 1. The van der Waals surface area contributed by atoms with Gasteiger partial charge in [-0.15, -0.1) is 11.3 Å². The van der Waals surface area contributed by atoms with E-state index in [9.17, 15) is 14.9 Å². The number of rotatable bonds is 4. The summed E-state index contributed by atoms with van der Waals surface area (Å²) in [5, 5.41) is 16.8. The Balaban J connectivity index is 1.91. The molecule has 1 aliphatic rings. The van der Waals surface area contributed by atoms with E-state index in [-0.39, 0.29) is 18.2 Å². The fraction of sp³-hybridized carbons (Fsp3) is 0.167. The molecule has 0 saturated heterocycles. The molecule has 0 fully saturated rings. The van der Waals surface area contributed by atoms with Gasteiger partial charge in [0.05, 0.1) is 28.7 Å². The largest absolute Gasteiger partial charge is 0.481 e. The zero-order valence-corrected chi connectivity index (χ0v) is 11.5. The van der Waals surface area contributed by atoms with Gasteiger partial charge in [-0.1, -0.05) is 0 Å². The zero-order valence-electron chi connectivity index (χ0n) is 10.7. The molecule has 0 aliphatic carbocycles. The van der Waals surface area contributed by atoms with Crippen LogP contribution in [0.3, 0.4) is 0 Å². The first-order valence-electron chi connectivity index (χ1n) is 6.00. The summed E-state index contributed by atoms with van der Waals surface area (Å²) in [5.41, 5.74) is 2.32. The van der Waals surface area contributed by atoms with Gasteiger partial charge in [-0.2, -0.15) is 0 Å². The quantitative estimate of drug-likeness (QED) is 0.661. The molecular formula is C12H10N4O4S. The van der Waals surface area contributed by atoms with Crippen molar-refractivity contribution in [3.63, 3.8) is 0 Å². The van der Waals surface area contributed by atoms with E-state index in [0.29, 0.717) is 23.7 Å². The van der Waals surface area contributed by atoms with Gasteiger partial charge in [-0.25, -0.2) is 0 Å². The summed E-state index contributed by atoms with van der Waals surface area (Å²) in [7, 11) is 0. The lowest BCUT2D eigenvalue weighted by Gasteiger charge is -2.19. The summed E-state index contributed by atoms with van der Waals surface area (Å²) in [4.78, 5) is 26.8. The molecule has 0 bridgehead atoms. The number of fused-ring (bicyclic) bond motifs is 1. The molecule has 21 heavy (non-hydrogen) atoms. The monoisotopic (exact) mass is 306 g/mol. The van der Waals surface area contributed by atoms with Crippen molar-refractivity contribution < 1.29 is 14.5 Å². The summed E-state index contributed by atoms with van der Waals surface area (Å²) < 4.78 is 5.18. The van der Waals surface area contributed by atoms with Crippen LogP contribution in [0.2, 0.25) is 0 Å². The predicted molar refractivity (Wildman–Crippen MR) is 76.7 cm³/mol. The van der Waals surface area contributed by atoms with Crippen LogP contribution in [-0.4, -0.2) is 22.4 Å². The van der Waals surface area contributed by atoms with Crippen molar-refractivity contribution >= 4 is 34.3 Å². The second-order valence-electron chi connectivity index (χ2n) is 4.28. The molecule has 1 aromatic heterocycles. The first-order chi connectivity index (χ1) is 10.1. The molecule has 2 N–H and O–H groups in total. The van der Waals surface area contributed by atoms with Crippen LogP contribution in [0.4, 0.5) is 17.1 Å². The minimum atomic E-state index is -0.491. The maximum absolute atomic E-state index is 11.3. The number of anilines is 2. The number of thiazole rings is 1. The third kappa shape index (κ3) is 2.77. The number of nitro benzene ring substituents is 1. The number of nitrogens with one attached hydrogen (secondary N) is 2. The standard InChI is InChI=1S/C12H10N4O4S/c17-12-5-20-11-2-10(16(18)19)8(1-9(11)15-12)14-4-7-3-13-6-21-7/h1-3,6,14H,4-5H2,(H,15,17). The summed E-state index contributed by atoms with van der Waals surface area (Å²) >= 11 is 1.45. The topological polar surface area (TPSA) is 106 Å². The minimum absolute atomic E-state index is 0.102. The van der Waals surface area contributed by atoms with E-state index in [2.05, 4.69) is 15.6 Å². The van der Waals surface area contributed by atoms with Gasteiger partial charge in [0.15, 0.2) is 12.4 Å². The van der Waals surface area contributed by atoms with Crippen molar-refractivity contribution in [2.75, 3.05) is 17.2 Å². The lowest BCUT2D eigenvalue weighted by Crippen LogP contribution is -2.25. The van der Waals surface area contributed by atoms with E-state index in [1.807, 2.05) is 0 Å². The molecule has 8 nitrogen and oxygen atoms in total. The number of nitrogens with zero attached hydrogens (tertiary/aromatic N) is 2. The Morgan fingerprint density at radius 2 is 2.38 bits per heavy atom. The van der Waals surface area contributed by atoms with Gasteiger partial charge in [0.2, 0.25) is 0 Å². The third-order valence-electron chi connectivity index (χ3n) is 2.86. The molecule has 108 valence electrons. The van der Waals surface area contributed by atoms with Crippen LogP contribution in [0.25, 0.3) is 0 Å². The molecular weight excluding hydrogens is 296 g/mol. The molecule has 0 atom stereocenters. The SMILES string of the molecule is O=C1COc2cc([N+](=O)[O-])c(NCc3cncs3)cc2N1. The number of hydrogen-bond acceptors (Lipinski definition) is 7. The average Bonchev–Trinajstić information content (AvgIpc) is 2.97. The molecule has 0 unspecified atom stereocenters. The number of benzene rings is 1. The first kappa shape index (κ1) is 13.3. The van der Waals surface area contributed by atoms with Crippen LogP contribution in [0.15, 0.2) is 23.8 Å². The summed E-state index contributed by atoms with van der Waals surface area (Å²) in [5.74, 6) is 0.00870. The Morgan fingerprint density at radius 3 is 3.10 bits per heavy atom.